The molecule has 1 aliphatic heterocycles. The van der Waals surface area contributed by atoms with Gasteiger partial charge in [0, 0.05) is 31.2 Å². The lowest BCUT2D eigenvalue weighted by molar-refractivity contribution is 0.0407. The molecule has 1 aliphatic rings. The maximum Gasteiger partial charge on any atom is 0.127 e. The van der Waals surface area contributed by atoms with Crippen LogP contribution < -0.4 is 0 Å². The van der Waals surface area contributed by atoms with Gasteiger partial charge in [0.15, 0.2) is 0 Å². The average Bonchev–Trinajstić information content (AvgIpc) is 3.18. The monoisotopic (exact) mass is 329 g/mol. The third-order valence-electron chi connectivity index (χ3n) is 4.41. The molecule has 1 aromatic heterocycles. The lowest BCUT2D eigenvalue weighted by Gasteiger charge is -2.21. The van der Waals surface area contributed by atoms with Gasteiger partial charge in [0.25, 0.3) is 0 Å². The fourth-order valence-corrected chi connectivity index (χ4v) is 2.96. The number of benzene rings is 1. The molecule has 0 amide bonds. The lowest BCUT2D eigenvalue weighted by Crippen LogP contribution is -2.31. The molecular formula is C17H20FN5O. The van der Waals surface area contributed by atoms with E-state index in [1.807, 2.05) is 24.8 Å². The summed E-state index contributed by atoms with van der Waals surface area (Å²) in [5, 5.41) is 28.0. The van der Waals surface area contributed by atoms with Crippen LogP contribution in [0.15, 0.2) is 24.4 Å². The van der Waals surface area contributed by atoms with Crippen LogP contribution in [0.3, 0.4) is 0 Å². The number of hydrogen-bond acceptors (Lipinski definition) is 5. The van der Waals surface area contributed by atoms with E-state index >= 15 is 0 Å². The van der Waals surface area contributed by atoms with E-state index in [9.17, 15) is 9.50 Å². The number of likely N-dealkylation sites (tertiary alicyclic amines) is 1. The van der Waals surface area contributed by atoms with Gasteiger partial charge in [-0.1, -0.05) is 5.21 Å². The van der Waals surface area contributed by atoms with Gasteiger partial charge in [0.1, 0.15) is 17.1 Å². The molecule has 0 aliphatic carbocycles. The molecule has 24 heavy (non-hydrogen) atoms. The Hall–Kier alpha value is -2.30. The first kappa shape index (κ1) is 16.6. The number of aliphatic hydroxyl groups is 1. The molecule has 1 fully saturated rings. The van der Waals surface area contributed by atoms with Gasteiger partial charge in [0.2, 0.25) is 0 Å². The van der Waals surface area contributed by atoms with Gasteiger partial charge in [-0.15, -0.1) is 5.10 Å². The lowest BCUT2D eigenvalue weighted by atomic mass is 10.00. The summed E-state index contributed by atoms with van der Waals surface area (Å²) in [6.45, 7) is 5.33. The van der Waals surface area contributed by atoms with Gasteiger partial charge < -0.3 is 5.11 Å². The maximum absolute atomic E-state index is 13.9. The number of aromatic nitrogens is 3. The molecule has 0 bridgehead atoms. The molecule has 1 saturated heterocycles. The Balaban J connectivity index is 1.74. The van der Waals surface area contributed by atoms with E-state index in [0.717, 1.165) is 0 Å². The smallest absolute Gasteiger partial charge is 0.127 e. The van der Waals surface area contributed by atoms with Crippen molar-refractivity contribution < 1.29 is 9.50 Å². The van der Waals surface area contributed by atoms with Crippen LogP contribution in [-0.2, 0) is 12.1 Å². The van der Waals surface area contributed by atoms with Crippen LogP contribution in [0.4, 0.5) is 4.39 Å². The Labute approximate surface area is 140 Å². The van der Waals surface area contributed by atoms with Crippen LogP contribution in [0, 0.1) is 17.1 Å². The summed E-state index contributed by atoms with van der Waals surface area (Å²) >= 11 is 0. The molecule has 3 rings (SSSR count). The first-order valence-corrected chi connectivity index (χ1v) is 7.97. The van der Waals surface area contributed by atoms with Crippen LogP contribution in [-0.4, -0.2) is 38.1 Å². The van der Waals surface area contributed by atoms with Crippen molar-refractivity contribution in [1.82, 2.24) is 19.9 Å². The zero-order chi connectivity index (χ0) is 17.3. The summed E-state index contributed by atoms with van der Waals surface area (Å²) in [6, 6.07) is 6.52. The van der Waals surface area contributed by atoms with Crippen molar-refractivity contribution in [2.24, 2.45) is 0 Å². The van der Waals surface area contributed by atoms with Crippen molar-refractivity contribution in [1.29, 1.82) is 5.26 Å². The quantitative estimate of drug-likeness (QED) is 0.928. The highest BCUT2D eigenvalue weighted by molar-refractivity contribution is 5.33. The minimum Gasteiger partial charge on any atom is -0.382 e. The third-order valence-corrected chi connectivity index (χ3v) is 4.41. The normalized spacial score (nSPS) is 21.3. The molecule has 7 heteroatoms. The second-order valence-electron chi connectivity index (χ2n) is 6.59. The molecule has 1 aromatic carbocycles. The summed E-state index contributed by atoms with van der Waals surface area (Å²) in [5.41, 5.74) is 0.367. The third kappa shape index (κ3) is 3.16. The van der Waals surface area contributed by atoms with E-state index in [1.54, 1.807) is 16.9 Å². The number of nitriles is 1. The Kier molecular flexibility index (Phi) is 4.35. The molecular weight excluding hydrogens is 309 g/mol. The second-order valence-corrected chi connectivity index (χ2v) is 6.59. The molecule has 0 radical (unpaired) electrons. The summed E-state index contributed by atoms with van der Waals surface area (Å²) < 4.78 is 15.7. The molecule has 0 unspecified atom stereocenters. The Morgan fingerprint density at radius 2 is 2.25 bits per heavy atom. The molecule has 0 spiro atoms. The largest absolute Gasteiger partial charge is 0.382 e. The molecule has 2 heterocycles. The number of β-amino-alcohol motifs (C(OH)–C–C–N with tert-alkyl or cyclic N) is 1. The van der Waals surface area contributed by atoms with Crippen molar-refractivity contribution in [3.63, 3.8) is 0 Å². The molecule has 1 N–H and O–H groups in total. The first-order chi connectivity index (χ1) is 11.4. The standard InChI is InChI=1S/C17H20FN5O/c1-12(2)23-10-16(20-21-23)17(24)5-6-22(11-17)9-14-7-13(8-19)3-4-15(14)18/h3-4,7,10,12,24H,5-6,9,11H2,1-2H3/t17-/m1/s1. The van der Waals surface area contributed by atoms with Crippen LogP contribution in [0.25, 0.3) is 0 Å². The predicted octanol–water partition coefficient (Wildman–Crippen LogP) is 1.96. The van der Waals surface area contributed by atoms with Crippen molar-refractivity contribution in [3.05, 3.63) is 47.0 Å². The van der Waals surface area contributed by atoms with Crippen LogP contribution >= 0.6 is 0 Å². The van der Waals surface area contributed by atoms with Gasteiger partial charge >= 0.3 is 0 Å². The molecule has 126 valence electrons. The van der Waals surface area contributed by atoms with E-state index in [1.165, 1.54) is 12.1 Å². The van der Waals surface area contributed by atoms with Gasteiger partial charge in [-0.05, 0) is 38.5 Å². The van der Waals surface area contributed by atoms with Crippen LogP contribution in [0.1, 0.15) is 43.1 Å². The fraction of sp³-hybridized carbons (Fsp3) is 0.471. The maximum atomic E-state index is 13.9. The van der Waals surface area contributed by atoms with Crippen molar-refractivity contribution >= 4 is 0 Å². The van der Waals surface area contributed by atoms with Crippen molar-refractivity contribution in [3.8, 4) is 6.07 Å². The highest BCUT2D eigenvalue weighted by atomic mass is 19.1. The summed E-state index contributed by atoms with van der Waals surface area (Å²) in [4.78, 5) is 1.97. The van der Waals surface area contributed by atoms with Crippen LogP contribution in [0.2, 0.25) is 0 Å². The number of nitrogens with zero attached hydrogens (tertiary/aromatic N) is 5. The second kappa shape index (κ2) is 6.30. The molecule has 6 nitrogen and oxygen atoms in total. The average molecular weight is 329 g/mol. The van der Waals surface area contributed by atoms with Gasteiger partial charge in [-0.2, -0.15) is 5.26 Å². The van der Waals surface area contributed by atoms with E-state index in [2.05, 4.69) is 10.3 Å². The Morgan fingerprint density at radius 1 is 1.46 bits per heavy atom. The Bertz CT molecular complexity index is 782. The van der Waals surface area contributed by atoms with Gasteiger partial charge in [0.05, 0.1) is 17.8 Å². The molecule has 1 atom stereocenters. The van der Waals surface area contributed by atoms with Crippen molar-refractivity contribution in [2.75, 3.05) is 13.1 Å². The molecule has 0 saturated carbocycles. The topological polar surface area (TPSA) is 78.0 Å². The van der Waals surface area contributed by atoms with Gasteiger partial charge in [-0.3, -0.25) is 4.90 Å². The van der Waals surface area contributed by atoms with E-state index in [4.69, 9.17) is 5.26 Å². The minimum atomic E-state index is -1.07. The number of halogens is 1. The highest BCUT2D eigenvalue weighted by Gasteiger charge is 2.40. The van der Waals surface area contributed by atoms with E-state index < -0.39 is 5.60 Å². The summed E-state index contributed by atoms with van der Waals surface area (Å²) in [7, 11) is 0. The summed E-state index contributed by atoms with van der Waals surface area (Å²) in [5.74, 6) is -0.338. The molecule has 2 aromatic rings. The SMILES string of the molecule is CC(C)n1cc([C@@]2(O)CCN(Cc3cc(C#N)ccc3F)C2)nn1. The zero-order valence-corrected chi connectivity index (χ0v) is 13.8. The zero-order valence-electron chi connectivity index (χ0n) is 13.8. The fourth-order valence-electron chi connectivity index (χ4n) is 2.96. The number of rotatable bonds is 4. The Morgan fingerprint density at radius 3 is 2.92 bits per heavy atom. The predicted molar refractivity (Wildman–Crippen MR) is 85.3 cm³/mol. The highest BCUT2D eigenvalue weighted by Crippen LogP contribution is 2.32. The van der Waals surface area contributed by atoms with Crippen LogP contribution in [0.5, 0.6) is 0 Å². The van der Waals surface area contributed by atoms with Gasteiger partial charge in [-0.25, -0.2) is 9.07 Å². The summed E-state index contributed by atoms with van der Waals surface area (Å²) in [6.07, 6.45) is 2.29. The first-order valence-electron chi connectivity index (χ1n) is 7.97. The van der Waals surface area contributed by atoms with E-state index in [0.29, 0.717) is 42.9 Å². The van der Waals surface area contributed by atoms with Crippen molar-refractivity contribution in [2.45, 2.75) is 38.5 Å². The number of hydrogen-bond donors (Lipinski definition) is 1. The van der Waals surface area contributed by atoms with E-state index in [-0.39, 0.29) is 11.9 Å². The minimum absolute atomic E-state index is 0.176.